The molecule has 6 rings (SSSR count). The molecule has 0 saturated heterocycles. The van der Waals surface area contributed by atoms with Gasteiger partial charge in [-0.3, -0.25) is 9.78 Å². The van der Waals surface area contributed by atoms with Gasteiger partial charge in [-0.2, -0.15) is 0 Å². The number of fused-ring (bicyclic) bond motifs is 2. The molecule has 1 aliphatic rings. The summed E-state index contributed by atoms with van der Waals surface area (Å²) in [5.74, 6) is 0.631. The average Bonchev–Trinajstić information content (AvgIpc) is 3.57. The first kappa shape index (κ1) is 18.0. The maximum absolute atomic E-state index is 13.6. The van der Waals surface area contributed by atoms with Crippen LogP contribution in [0, 0.1) is 0 Å². The van der Waals surface area contributed by atoms with E-state index in [1.54, 1.807) is 24.9 Å². The SMILES string of the molecule is O=C(c1cnc(-c2cccnc2)s1)N1CCc2[nH]cnc2[C@H]1c1cc2ccccc2o1. The van der Waals surface area contributed by atoms with Crippen molar-refractivity contribution in [3.05, 3.63) is 89.4 Å². The molecule has 0 radical (unpaired) electrons. The van der Waals surface area contributed by atoms with Crippen molar-refractivity contribution in [3.8, 4) is 10.6 Å². The van der Waals surface area contributed by atoms with Crippen molar-refractivity contribution in [2.75, 3.05) is 6.54 Å². The number of carbonyl (C=O) groups is 1. The Morgan fingerprint density at radius 1 is 1.16 bits per heavy atom. The van der Waals surface area contributed by atoms with E-state index < -0.39 is 0 Å². The predicted octanol–water partition coefficient (Wildman–Crippen LogP) is 4.46. The number of pyridine rings is 1. The fraction of sp³-hybridized carbons (Fsp3) is 0.130. The summed E-state index contributed by atoms with van der Waals surface area (Å²) in [5.41, 5.74) is 3.56. The van der Waals surface area contributed by atoms with Crippen molar-refractivity contribution in [1.82, 2.24) is 24.8 Å². The highest BCUT2D eigenvalue weighted by atomic mass is 32.1. The Morgan fingerprint density at radius 2 is 2.10 bits per heavy atom. The molecule has 0 bridgehead atoms. The van der Waals surface area contributed by atoms with E-state index in [4.69, 9.17) is 4.42 Å². The van der Waals surface area contributed by atoms with Crippen molar-refractivity contribution in [1.29, 1.82) is 0 Å². The van der Waals surface area contributed by atoms with Crippen molar-refractivity contribution in [3.63, 3.8) is 0 Å². The summed E-state index contributed by atoms with van der Waals surface area (Å²) in [5, 5.41) is 1.78. The van der Waals surface area contributed by atoms with E-state index >= 15 is 0 Å². The van der Waals surface area contributed by atoms with Gasteiger partial charge in [-0.1, -0.05) is 18.2 Å². The molecule has 1 aliphatic heterocycles. The molecule has 1 atom stereocenters. The van der Waals surface area contributed by atoms with E-state index in [9.17, 15) is 4.79 Å². The molecule has 152 valence electrons. The topological polar surface area (TPSA) is 87.9 Å². The van der Waals surface area contributed by atoms with Gasteiger partial charge in [0.05, 0.1) is 18.2 Å². The summed E-state index contributed by atoms with van der Waals surface area (Å²) < 4.78 is 6.16. The second kappa shape index (κ2) is 7.17. The molecule has 1 aromatic carbocycles. The number of benzene rings is 1. The Labute approximate surface area is 181 Å². The molecule has 7 nitrogen and oxygen atoms in total. The summed E-state index contributed by atoms with van der Waals surface area (Å²) in [6.45, 7) is 0.565. The molecule has 4 aromatic heterocycles. The highest BCUT2D eigenvalue weighted by molar-refractivity contribution is 7.16. The Kier molecular flexibility index (Phi) is 4.17. The van der Waals surface area contributed by atoms with E-state index in [0.717, 1.165) is 32.9 Å². The van der Waals surface area contributed by atoms with Crippen LogP contribution in [0.25, 0.3) is 21.5 Å². The zero-order chi connectivity index (χ0) is 20.8. The maximum atomic E-state index is 13.6. The standard InChI is InChI=1S/C23H17N5O2S/c29-23(19-12-25-22(31-19)15-5-3-8-24-11-15)28-9-7-16-20(27-13-26-16)21(28)18-10-14-4-1-2-6-17(14)30-18/h1-6,8,10-13,21H,7,9H2,(H,26,27)/t21-/m1/s1. The molecule has 5 heterocycles. The normalized spacial score (nSPS) is 15.9. The third-order valence-electron chi connectivity index (χ3n) is 5.52. The van der Waals surface area contributed by atoms with E-state index in [2.05, 4.69) is 19.9 Å². The lowest BCUT2D eigenvalue weighted by molar-refractivity contribution is 0.0677. The largest absolute Gasteiger partial charge is 0.458 e. The van der Waals surface area contributed by atoms with Gasteiger partial charge in [0.15, 0.2) is 0 Å². The summed E-state index contributed by atoms with van der Waals surface area (Å²) in [6, 6.07) is 13.3. The lowest BCUT2D eigenvalue weighted by atomic mass is 10.00. The number of thiazole rings is 1. The third-order valence-corrected chi connectivity index (χ3v) is 6.56. The molecule has 0 unspecified atom stereocenters. The number of carbonyl (C=O) groups excluding carboxylic acids is 1. The number of nitrogens with one attached hydrogen (secondary N) is 1. The van der Waals surface area contributed by atoms with Crippen molar-refractivity contribution in [2.45, 2.75) is 12.5 Å². The maximum Gasteiger partial charge on any atom is 0.266 e. The molecule has 0 saturated carbocycles. The number of aromatic nitrogens is 4. The van der Waals surface area contributed by atoms with Crippen LogP contribution >= 0.6 is 11.3 Å². The summed E-state index contributed by atoms with van der Waals surface area (Å²) >= 11 is 1.37. The van der Waals surface area contributed by atoms with Gasteiger partial charge in [0.1, 0.15) is 27.3 Å². The minimum absolute atomic E-state index is 0.0771. The zero-order valence-corrected chi connectivity index (χ0v) is 17.2. The molecule has 1 amide bonds. The van der Waals surface area contributed by atoms with Crippen LogP contribution in [-0.4, -0.2) is 37.3 Å². The Morgan fingerprint density at radius 3 is 2.97 bits per heavy atom. The van der Waals surface area contributed by atoms with Crippen LogP contribution in [0.15, 0.2) is 71.8 Å². The molecule has 0 aliphatic carbocycles. The lowest BCUT2D eigenvalue weighted by Gasteiger charge is -2.33. The Balaban J connectivity index is 1.40. The minimum atomic E-state index is -0.390. The van der Waals surface area contributed by atoms with Gasteiger partial charge in [-0.05, 0) is 24.3 Å². The quantitative estimate of drug-likeness (QED) is 0.459. The molecular weight excluding hydrogens is 410 g/mol. The van der Waals surface area contributed by atoms with Crippen LogP contribution in [0.3, 0.4) is 0 Å². The molecule has 5 aromatic rings. The van der Waals surface area contributed by atoms with Gasteiger partial charge < -0.3 is 14.3 Å². The number of furan rings is 1. The summed E-state index contributed by atoms with van der Waals surface area (Å²) in [4.78, 5) is 32.3. The average molecular weight is 427 g/mol. The summed E-state index contributed by atoms with van der Waals surface area (Å²) in [7, 11) is 0. The van der Waals surface area contributed by atoms with Crippen LogP contribution in [0.5, 0.6) is 0 Å². The second-order valence-corrected chi connectivity index (χ2v) is 8.41. The number of H-pyrrole nitrogens is 1. The molecule has 0 fully saturated rings. The number of aromatic amines is 1. The van der Waals surface area contributed by atoms with Crippen LogP contribution in [0.4, 0.5) is 0 Å². The Hall–Kier alpha value is -3.78. The first-order valence-electron chi connectivity index (χ1n) is 9.96. The van der Waals surface area contributed by atoms with Crippen molar-refractivity contribution >= 4 is 28.2 Å². The van der Waals surface area contributed by atoms with Gasteiger partial charge in [-0.25, -0.2) is 9.97 Å². The first-order valence-corrected chi connectivity index (χ1v) is 10.8. The van der Waals surface area contributed by atoms with Crippen molar-refractivity contribution in [2.24, 2.45) is 0 Å². The van der Waals surface area contributed by atoms with Crippen LogP contribution in [0.1, 0.15) is 32.9 Å². The monoisotopic (exact) mass is 427 g/mol. The van der Waals surface area contributed by atoms with Gasteiger partial charge in [-0.15, -0.1) is 11.3 Å². The van der Waals surface area contributed by atoms with Gasteiger partial charge >= 0.3 is 0 Å². The number of hydrogen-bond acceptors (Lipinski definition) is 6. The highest BCUT2D eigenvalue weighted by Gasteiger charge is 2.37. The second-order valence-electron chi connectivity index (χ2n) is 7.38. The molecule has 31 heavy (non-hydrogen) atoms. The minimum Gasteiger partial charge on any atom is -0.458 e. The third kappa shape index (κ3) is 3.03. The number of hydrogen-bond donors (Lipinski definition) is 1. The number of nitrogens with zero attached hydrogens (tertiary/aromatic N) is 4. The molecule has 8 heteroatoms. The number of imidazole rings is 1. The van der Waals surface area contributed by atoms with Gasteiger partial charge in [0, 0.05) is 42.0 Å². The van der Waals surface area contributed by atoms with Crippen LogP contribution in [-0.2, 0) is 6.42 Å². The Bertz CT molecular complexity index is 1350. The van der Waals surface area contributed by atoms with Gasteiger partial charge in [0.2, 0.25) is 0 Å². The molecule has 1 N–H and O–H groups in total. The fourth-order valence-electron chi connectivity index (χ4n) is 4.06. The molecule has 0 spiro atoms. The first-order chi connectivity index (χ1) is 15.3. The number of amides is 1. The number of rotatable bonds is 3. The highest BCUT2D eigenvalue weighted by Crippen LogP contribution is 2.38. The lowest BCUT2D eigenvalue weighted by Crippen LogP contribution is -2.40. The van der Waals surface area contributed by atoms with Crippen LogP contribution in [0.2, 0.25) is 0 Å². The van der Waals surface area contributed by atoms with E-state index in [1.807, 2.05) is 47.4 Å². The zero-order valence-electron chi connectivity index (χ0n) is 16.4. The fourth-order valence-corrected chi connectivity index (χ4v) is 4.92. The van der Waals surface area contributed by atoms with Crippen molar-refractivity contribution < 1.29 is 9.21 Å². The van der Waals surface area contributed by atoms with Gasteiger partial charge in [0.25, 0.3) is 5.91 Å². The number of para-hydroxylation sites is 1. The molecular formula is C23H17N5O2S. The predicted molar refractivity (Wildman–Crippen MR) is 117 cm³/mol. The summed E-state index contributed by atoms with van der Waals surface area (Å²) in [6.07, 6.45) is 7.51. The van der Waals surface area contributed by atoms with E-state index in [-0.39, 0.29) is 11.9 Å². The van der Waals surface area contributed by atoms with E-state index in [0.29, 0.717) is 23.6 Å². The smallest absolute Gasteiger partial charge is 0.266 e. The van der Waals surface area contributed by atoms with E-state index in [1.165, 1.54) is 11.3 Å². The van der Waals surface area contributed by atoms with Crippen LogP contribution < -0.4 is 0 Å².